The molecule has 1 aromatic rings. The summed E-state index contributed by atoms with van der Waals surface area (Å²) >= 11 is 0. The van der Waals surface area contributed by atoms with Crippen LogP contribution in [0.5, 0.6) is 5.75 Å². The summed E-state index contributed by atoms with van der Waals surface area (Å²) in [6, 6.07) is 3.80. The molecule has 0 saturated carbocycles. The lowest BCUT2D eigenvalue weighted by atomic mass is 10.2. The van der Waals surface area contributed by atoms with Gasteiger partial charge in [0.15, 0.2) is 6.61 Å². The standard InChI is InChI=1S/C11H10F3NO4/c12-11(13,14)7-1-3-8(4-2-7)19-6-9(16)15-5-10(17)18/h1-4H,5-6H2,(H,15,16)(H,17,18). The zero-order chi connectivity index (χ0) is 14.5. The third-order valence-corrected chi connectivity index (χ3v) is 1.99. The average Bonchev–Trinajstić information content (AvgIpc) is 2.33. The molecule has 0 saturated heterocycles. The van der Waals surface area contributed by atoms with Crippen LogP contribution in [-0.2, 0) is 15.8 Å². The van der Waals surface area contributed by atoms with Gasteiger partial charge in [0.1, 0.15) is 12.3 Å². The number of alkyl halides is 3. The fraction of sp³-hybridized carbons (Fsp3) is 0.273. The predicted octanol–water partition coefficient (Wildman–Crippen LogP) is 1.29. The summed E-state index contributed by atoms with van der Waals surface area (Å²) < 4.78 is 41.6. The van der Waals surface area contributed by atoms with E-state index in [9.17, 15) is 22.8 Å². The molecule has 0 atom stereocenters. The minimum Gasteiger partial charge on any atom is -0.484 e. The van der Waals surface area contributed by atoms with Crippen molar-refractivity contribution in [1.82, 2.24) is 5.32 Å². The number of ether oxygens (including phenoxy) is 1. The Kier molecular flexibility index (Phi) is 4.74. The fourth-order valence-electron chi connectivity index (χ4n) is 1.11. The third kappa shape index (κ3) is 5.28. The number of aliphatic carboxylic acids is 1. The fourth-order valence-corrected chi connectivity index (χ4v) is 1.11. The second-order valence-corrected chi connectivity index (χ2v) is 3.48. The first-order valence-electron chi connectivity index (χ1n) is 5.07. The molecule has 0 heterocycles. The highest BCUT2D eigenvalue weighted by atomic mass is 19.4. The number of halogens is 3. The second kappa shape index (κ2) is 6.07. The number of hydrogen-bond acceptors (Lipinski definition) is 3. The van der Waals surface area contributed by atoms with Crippen molar-refractivity contribution in [2.45, 2.75) is 6.18 Å². The number of carbonyl (C=O) groups is 2. The van der Waals surface area contributed by atoms with Gasteiger partial charge in [-0.25, -0.2) is 0 Å². The van der Waals surface area contributed by atoms with E-state index in [1.54, 1.807) is 0 Å². The van der Waals surface area contributed by atoms with Crippen LogP contribution in [0.25, 0.3) is 0 Å². The average molecular weight is 277 g/mol. The number of rotatable bonds is 5. The highest BCUT2D eigenvalue weighted by molar-refractivity contribution is 5.82. The van der Waals surface area contributed by atoms with Crippen molar-refractivity contribution in [2.75, 3.05) is 13.2 Å². The summed E-state index contributed by atoms with van der Waals surface area (Å²) in [6.45, 7) is -1.02. The van der Waals surface area contributed by atoms with Crippen molar-refractivity contribution in [3.05, 3.63) is 29.8 Å². The van der Waals surface area contributed by atoms with Gasteiger partial charge in [0.05, 0.1) is 5.56 Å². The molecule has 1 amide bonds. The summed E-state index contributed by atoms with van der Waals surface area (Å²) in [5.74, 6) is -1.80. The van der Waals surface area contributed by atoms with Crippen LogP contribution in [0.2, 0.25) is 0 Å². The Morgan fingerprint density at radius 2 is 1.79 bits per heavy atom. The Hall–Kier alpha value is -2.25. The monoisotopic (exact) mass is 277 g/mol. The van der Waals surface area contributed by atoms with Gasteiger partial charge < -0.3 is 15.2 Å². The number of carboxylic acids is 1. The molecule has 0 fully saturated rings. The van der Waals surface area contributed by atoms with Gasteiger partial charge in [-0.15, -0.1) is 0 Å². The van der Waals surface area contributed by atoms with Crippen molar-refractivity contribution in [3.8, 4) is 5.75 Å². The van der Waals surface area contributed by atoms with Gasteiger partial charge in [0, 0.05) is 0 Å². The Morgan fingerprint density at radius 1 is 1.21 bits per heavy atom. The van der Waals surface area contributed by atoms with Crippen molar-refractivity contribution >= 4 is 11.9 Å². The Labute approximate surface area is 106 Å². The maximum Gasteiger partial charge on any atom is 0.416 e. The van der Waals surface area contributed by atoms with E-state index in [1.807, 2.05) is 5.32 Å². The van der Waals surface area contributed by atoms with Crippen LogP contribution >= 0.6 is 0 Å². The lowest BCUT2D eigenvalue weighted by Crippen LogP contribution is -2.33. The quantitative estimate of drug-likeness (QED) is 0.850. The highest BCUT2D eigenvalue weighted by Gasteiger charge is 2.30. The summed E-state index contributed by atoms with van der Waals surface area (Å²) in [6.07, 6.45) is -4.43. The lowest BCUT2D eigenvalue weighted by molar-refractivity contribution is -0.138. The number of amides is 1. The van der Waals surface area contributed by atoms with E-state index in [0.29, 0.717) is 0 Å². The topological polar surface area (TPSA) is 75.6 Å². The van der Waals surface area contributed by atoms with E-state index in [2.05, 4.69) is 0 Å². The second-order valence-electron chi connectivity index (χ2n) is 3.48. The van der Waals surface area contributed by atoms with Crippen molar-refractivity contribution < 1.29 is 32.6 Å². The normalized spacial score (nSPS) is 10.9. The molecule has 0 aliphatic carbocycles. The molecule has 8 heteroatoms. The molecule has 0 spiro atoms. The number of hydrogen-bond donors (Lipinski definition) is 2. The van der Waals surface area contributed by atoms with E-state index >= 15 is 0 Å². The minimum atomic E-state index is -4.43. The molecule has 0 aromatic heterocycles. The lowest BCUT2D eigenvalue weighted by Gasteiger charge is -2.09. The number of carboxylic acid groups (broad SMARTS) is 1. The van der Waals surface area contributed by atoms with Gasteiger partial charge in [-0.3, -0.25) is 9.59 Å². The van der Waals surface area contributed by atoms with E-state index in [-0.39, 0.29) is 5.75 Å². The molecule has 5 nitrogen and oxygen atoms in total. The Bertz CT molecular complexity index is 456. The van der Waals surface area contributed by atoms with E-state index in [0.717, 1.165) is 24.3 Å². The van der Waals surface area contributed by atoms with E-state index in [4.69, 9.17) is 9.84 Å². The van der Waals surface area contributed by atoms with E-state index in [1.165, 1.54) is 0 Å². The van der Waals surface area contributed by atoms with Crippen molar-refractivity contribution in [3.63, 3.8) is 0 Å². The molecule has 1 rings (SSSR count). The molecular weight excluding hydrogens is 267 g/mol. The summed E-state index contributed by atoms with van der Waals surface area (Å²) in [7, 11) is 0. The first kappa shape index (κ1) is 14.8. The van der Waals surface area contributed by atoms with Crippen LogP contribution in [-0.4, -0.2) is 30.1 Å². The molecule has 104 valence electrons. The van der Waals surface area contributed by atoms with Crippen molar-refractivity contribution in [2.24, 2.45) is 0 Å². The molecule has 2 N–H and O–H groups in total. The van der Waals surface area contributed by atoms with Crippen LogP contribution < -0.4 is 10.1 Å². The summed E-state index contributed by atoms with van der Waals surface area (Å²) in [5.41, 5.74) is -0.824. The van der Waals surface area contributed by atoms with E-state index < -0.39 is 36.8 Å². The number of nitrogens with one attached hydrogen (secondary N) is 1. The maximum absolute atomic E-state index is 12.2. The highest BCUT2D eigenvalue weighted by Crippen LogP contribution is 2.30. The van der Waals surface area contributed by atoms with Gasteiger partial charge >= 0.3 is 12.1 Å². The SMILES string of the molecule is O=C(O)CNC(=O)COc1ccc(C(F)(F)F)cc1. The predicted molar refractivity (Wildman–Crippen MR) is 57.6 cm³/mol. The first-order chi connectivity index (χ1) is 8.79. The van der Waals surface area contributed by atoms with Gasteiger partial charge in [-0.05, 0) is 24.3 Å². The Balaban J connectivity index is 2.46. The molecule has 0 aliphatic rings. The van der Waals surface area contributed by atoms with Crippen LogP contribution in [0.4, 0.5) is 13.2 Å². The molecule has 0 radical (unpaired) electrons. The first-order valence-corrected chi connectivity index (χ1v) is 5.07. The van der Waals surface area contributed by atoms with Crippen LogP contribution in [0.15, 0.2) is 24.3 Å². The van der Waals surface area contributed by atoms with Crippen LogP contribution in [0.1, 0.15) is 5.56 Å². The number of benzene rings is 1. The zero-order valence-corrected chi connectivity index (χ0v) is 9.53. The third-order valence-electron chi connectivity index (χ3n) is 1.99. The largest absolute Gasteiger partial charge is 0.484 e. The maximum atomic E-state index is 12.2. The van der Waals surface area contributed by atoms with Crippen LogP contribution in [0.3, 0.4) is 0 Å². The smallest absolute Gasteiger partial charge is 0.416 e. The molecule has 19 heavy (non-hydrogen) atoms. The zero-order valence-electron chi connectivity index (χ0n) is 9.53. The van der Waals surface area contributed by atoms with Gasteiger partial charge in [0.2, 0.25) is 0 Å². The molecule has 0 unspecified atom stereocenters. The molecule has 0 bridgehead atoms. The van der Waals surface area contributed by atoms with Gasteiger partial charge in [0.25, 0.3) is 5.91 Å². The van der Waals surface area contributed by atoms with Gasteiger partial charge in [-0.2, -0.15) is 13.2 Å². The molecular formula is C11H10F3NO4. The number of carbonyl (C=O) groups excluding carboxylic acids is 1. The van der Waals surface area contributed by atoms with Gasteiger partial charge in [-0.1, -0.05) is 0 Å². The molecule has 1 aromatic carbocycles. The van der Waals surface area contributed by atoms with Crippen molar-refractivity contribution in [1.29, 1.82) is 0 Å². The minimum absolute atomic E-state index is 0.0819. The van der Waals surface area contributed by atoms with Crippen LogP contribution in [0, 0.1) is 0 Å². The summed E-state index contributed by atoms with van der Waals surface area (Å²) in [5, 5.41) is 10.3. The summed E-state index contributed by atoms with van der Waals surface area (Å²) in [4.78, 5) is 21.2. The molecule has 0 aliphatic heterocycles. The Morgan fingerprint density at radius 3 is 2.26 bits per heavy atom.